The van der Waals surface area contributed by atoms with E-state index in [0.29, 0.717) is 24.5 Å². The molecule has 0 aliphatic rings. The molecule has 0 heterocycles. The van der Waals surface area contributed by atoms with Crippen LogP contribution in [-0.2, 0) is 6.54 Å². The molecule has 0 aromatic heterocycles. The van der Waals surface area contributed by atoms with E-state index < -0.39 is 5.82 Å². The summed E-state index contributed by atoms with van der Waals surface area (Å²) in [6, 6.07) is 3.56. The monoisotopic (exact) mass is 261 g/mol. The summed E-state index contributed by atoms with van der Waals surface area (Å²) in [5.74, 6) is -0.258. The van der Waals surface area contributed by atoms with Crippen LogP contribution >= 0.6 is 11.6 Å². The number of alkyl halides is 1. The van der Waals surface area contributed by atoms with Crippen LogP contribution in [0, 0.1) is 11.6 Å². The van der Waals surface area contributed by atoms with Crippen molar-refractivity contribution in [2.75, 3.05) is 19.0 Å². The van der Waals surface area contributed by atoms with Gasteiger partial charge in [-0.1, -0.05) is 13.3 Å². The fourth-order valence-electron chi connectivity index (χ4n) is 1.68. The molecule has 1 nitrogen and oxygen atoms in total. The Bertz CT molecular complexity index is 344. The van der Waals surface area contributed by atoms with Crippen molar-refractivity contribution in [1.29, 1.82) is 0 Å². The molecule has 96 valence electrons. The molecule has 0 aliphatic heterocycles. The van der Waals surface area contributed by atoms with Crippen molar-refractivity contribution in [3.8, 4) is 0 Å². The maximum Gasteiger partial charge on any atom is 0.127 e. The van der Waals surface area contributed by atoms with Crippen LogP contribution < -0.4 is 0 Å². The number of hydrogen-bond donors (Lipinski definition) is 0. The van der Waals surface area contributed by atoms with Crippen molar-refractivity contribution in [2.45, 2.75) is 26.3 Å². The van der Waals surface area contributed by atoms with Gasteiger partial charge in [-0.15, -0.1) is 11.6 Å². The van der Waals surface area contributed by atoms with E-state index >= 15 is 0 Å². The summed E-state index contributed by atoms with van der Waals surface area (Å²) in [4.78, 5) is 2.05. The van der Waals surface area contributed by atoms with Gasteiger partial charge in [-0.3, -0.25) is 4.90 Å². The van der Waals surface area contributed by atoms with Crippen LogP contribution in [0.25, 0.3) is 0 Å². The Morgan fingerprint density at radius 2 is 2.00 bits per heavy atom. The van der Waals surface area contributed by atoms with Crippen LogP contribution in [0.1, 0.15) is 25.3 Å². The summed E-state index contributed by atoms with van der Waals surface area (Å²) >= 11 is 5.70. The summed E-state index contributed by atoms with van der Waals surface area (Å²) in [7, 11) is 0. The molecule has 0 aliphatic carbocycles. The Balaban J connectivity index is 2.67. The minimum absolute atomic E-state index is 0.359. The maximum absolute atomic E-state index is 13.5. The highest BCUT2D eigenvalue weighted by molar-refractivity contribution is 6.18. The third-order valence-electron chi connectivity index (χ3n) is 2.63. The first-order chi connectivity index (χ1) is 8.17. The predicted molar refractivity (Wildman–Crippen MR) is 67.3 cm³/mol. The zero-order valence-corrected chi connectivity index (χ0v) is 10.8. The Hall–Kier alpha value is -0.670. The SMILES string of the molecule is CCCCN(CCCl)Cc1cc(F)ccc1F. The summed E-state index contributed by atoms with van der Waals surface area (Å²) < 4.78 is 26.5. The Labute approximate surface area is 106 Å². The first-order valence-corrected chi connectivity index (χ1v) is 6.43. The normalized spacial score (nSPS) is 11.1. The Morgan fingerprint density at radius 3 is 2.65 bits per heavy atom. The third-order valence-corrected chi connectivity index (χ3v) is 2.80. The highest BCUT2D eigenvalue weighted by atomic mass is 35.5. The minimum Gasteiger partial charge on any atom is -0.298 e. The highest BCUT2D eigenvalue weighted by Gasteiger charge is 2.09. The summed E-state index contributed by atoms with van der Waals surface area (Å²) in [5.41, 5.74) is 0.395. The molecule has 1 aromatic carbocycles. The van der Waals surface area contributed by atoms with Gasteiger partial charge in [0.05, 0.1) is 0 Å². The van der Waals surface area contributed by atoms with Gasteiger partial charge >= 0.3 is 0 Å². The number of rotatable bonds is 7. The van der Waals surface area contributed by atoms with Gasteiger partial charge < -0.3 is 0 Å². The fraction of sp³-hybridized carbons (Fsp3) is 0.538. The smallest absolute Gasteiger partial charge is 0.127 e. The standard InChI is InChI=1S/C13H18ClF2N/c1-2-3-7-17(8-6-14)10-11-9-12(15)4-5-13(11)16/h4-5,9H,2-3,6-8,10H2,1H3. The van der Waals surface area contributed by atoms with E-state index in [9.17, 15) is 8.78 Å². The molecule has 0 fully saturated rings. The summed E-state index contributed by atoms with van der Waals surface area (Å²) in [5, 5.41) is 0. The molecule has 0 atom stereocenters. The van der Waals surface area contributed by atoms with Gasteiger partial charge in [0.2, 0.25) is 0 Å². The van der Waals surface area contributed by atoms with Gasteiger partial charge in [0.25, 0.3) is 0 Å². The lowest BCUT2D eigenvalue weighted by Crippen LogP contribution is -2.27. The van der Waals surface area contributed by atoms with Crippen LogP contribution in [0.4, 0.5) is 8.78 Å². The molecular weight excluding hydrogens is 244 g/mol. The molecule has 1 aromatic rings. The maximum atomic E-state index is 13.5. The zero-order chi connectivity index (χ0) is 12.7. The van der Waals surface area contributed by atoms with Gasteiger partial charge in [0.1, 0.15) is 11.6 Å². The molecular formula is C13H18ClF2N. The van der Waals surface area contributed by atoms with E-state index in [1.165, 1.54) is 12.1 Å². The number of benzene rings is 1. The molecule has 1 rings (SSSR count). The topological polar surface area (TPSA) is 3.24 Å². The first-order valence-electron chi connectivity index (χ1n) is 5.89. The zero-order valence-electron chi connectivity index (χ0n) is 10.1. The minimum atomic E-state index is -0.400. The molecule has 0 N–H and O–H groups in total. The van der Waals surface area contributed by atoms with Crippen LogP contribution in [0.5, 0.6) is 0 Å². The molecule has 17 heavy (non-hydrogen) atoms. The predicted octanol–water partition coefficient (Wildman–Crippen LogP) is 3.81. The number of halogens is 3. The second kappa shape index (κ2) is 7.62. The molecule has 0 amide bonds. The summed E-state index contributed by atoms with van der Waals surface area (Å²) in [6.45, 7) is 4.06. The van der Waals surface area contributed by atoms with Crippen molar-refractivity contribution in [3.05, 3.63) is 35.4 Å². The largest absolute Gasteiger partial charge is 0.298 e. The lowest BCUT2D eigenvalue weighted by Gasteiger charge is -2.21. The van der Waals surface area contributed by atoms with E-state index in [4.69, 9.17) is 11.6 Å². The lowest BCUT2D eigenvalue weighted by molar-refractivity contribution is 0.272. The second-order valence-corrected chi connectivity index (χ2v) is 4.43. The average molecular weight is 262 g/mol. The van der Waals surface area contributed by atoms with Crippen molar-refractivity contribution < 1.29 is 8.78 Å². The Kier molecular flexibility index (Phi) is 6.45. The highest BCUT2D eigenvalue weighted by Crippen LogP contribution is 2.13. The molecule has 0 saturated carbocycles. The first kappa shape index (κ1) is 14.4. The molecule has 0 spiro atoms. The summed E-state index contributed by atoms with van der Waals surface area (Å²) in [6.07, 6.45) is 2.11. The third kappa shape index (κ3) is 5.00. The Morgan fingerprint density at radius 1 is 1.24 bits per heavy atom. The van der Waals surface area contributed by atoms with Gasteiger partial charge in [0.15, 0.2) is 0 Å². The van der Waals surface area contributed by atoms with E-state index in [0.717, 1.165) is 25.5 Å². The van der Waals surface area contributed by atoms with Crippen molar-refractivity contribution in [1.82, 2.24) is 4.90 Å². The number of hydrogen-bond acceptors (Lipinski definition) is 1. The molecule has 0 saturated heterocycles. The number of unbranched alkanes of at least 4 members (excludes halogenated alkanes) is 1. The van der Waals surface area contributed by atoms with E-state index in [1.807, 2.05) is 4.90 Å². The molecule has 0 bridgehead atoms. The lowest BCUT2D eigenvalue weighted by atomic mass is 10.2. The van der Waals surface area contributed by atoms with E-state index in [1.54, 1.807) is 0 Å². The van der Waals surface area contributed by atoms with Crippen LogP contribution in [0.15, 0.2) is 18.2 Å². The van der Waals surface area contributed by atoms with E-state index in [2.05, 4.69) is 6.92 Å². The molecule has 0 radical (unpaired) electrons. The van der Waals surface area contributed by atoms with Crippen LogP contribution in [0.3, 0.4) is 0 Å². The van der Waals surface area contributed by atoms with Gasteiger partial charge in [0, 0.05) is 24.5 Å². The van der Waals surface area contributed by atoms with Crippen molar-refractivity contribution in [3.63, 3.8) is 0 Å². The van der Waals surface area contributed by atoms with Crippen molar-refractivity contribution in [2.24, 2.45) is 0 Å². The van der Waals surface area contributed by atoms with Crippen LogP contribution in [0.2, 0.25) is 0 Å². The van der Waals surface area contributed by atoms with Crippen molar-refractivity contribution >= 4 is 11.6 Å². The number of nitrogens with zero attached hydrogens (tertiary/aromatic N) is 1. The van der Waals surface area contributed by atoms with Gasteiger partial charge in [-0.05, 0) is 31.2 Å². The van der Waals surface area contributed by atoms with Crippen LogP contribution in [-0.4, -0.2) is 23.9 Å². The quantitative estimate of drug-likeness (QED) is 0.675. The average Bonchev–Trinajstić information content (AvgIpc) is 2.31. The molecule has 4 heteroatoms. The molecule has 0 unspecified atom stereocenters. The second-order valence-electron chi connectivity index (χ2n) is 4.05. The van der Waals surface area contributed by atoms with E-state index in [-0.39, 0.29) is 5.82 Å². The fourth-order valence-corrected chi connectivity index (χ4v) is 1.92. The van der Waals surface area contributed by atoms with Gasteiger partial charge in [-0.2, -0.15) is 0 Å². The van der Waals surface area contributed by atoms with Gasteiger partial charge in [-0.25, -0.2) is 8.78 Å².